The van der Waals surface area contributed by atoms with Crippen LogP contribution in [0.4, 0.5) is 5.95 Å². The Hall–Kier alpha value is -1.69. The number of carbonyl (C=O) groups excluding carboxylic acids is 1. The van der Waals surface area contributed by atoms with Gasteiger partial charge in [-0.3, -0.25) is 4.79 Å². The first-order valence-corrected chi connectivity index (χ1v) is 11.5. The number of aromatic nitrogens is 2. The monoisotopic (exact) mass is 401 g/mol. The van der Waals surface area contributed by atoms with Crippen molar-refractivity contribution in [1.29, 1.82) is 0 Å². The van der Waals surface area contributed by atoms with Crippen molar-refractivity contribution in [3.8, 4) is 0 Å². The molecule has 1 aromatic heterocycles. The van der Waals surface area contributed by atoms with Gasteiger partial charge in [-0.1, -0.05) is 27.7 Å². The minimum absolute atomic E-state index is 0.0575. The van der Waals surface area contributed by atoms with Crippen LogP contribution in [0.1, 0.15) is 77.7 Å². The van der Waals surface area contributed by atoms with Crippen LogP contribution in [0.2, 0.25) is 0 Å². The first kappa shape index (κ1) is 22.0. The number of hydrogen-bond donors (Lipinski definition) is 1. The first-order chi connectivity index (χ1) is 13.9. The zero-order chi connectivity index (χ0) is 21.0. The maximum atomic E-state index is 11.9. The van der Waals surface area contributed by atoms with Crippen molar-refractivity contribution in [2.24, 2.45) is 5.92 Å². The van der Waals surface area contributed by atoms with Crippen molar-refractivity contribution in [3.05, 3.63) is 18.0 Å². The molecule has 3 rings (SSSR count). The number of rotatable bonds is 6. The number of nitrogens with one attached hydrogen (secondary N) is 1. The SMILES string of the molecule is CCC1CN(C)CC(CC)N1c1ncc(C2CCC(NC(=O)C(C)C)CC2)cn1. The van der Waals surface area contributed by atoms with Crippen LogP contribution in [0.25, 0.3) is 0 Å². The summed E-state index contributed by atoms with van der Waals surface area (Å²) >= 11 is 0. The van der Waals surface area contributed by atoms with Crippen LogP contribution in [0.15, 0.2) is 12.4 Å². The standard InChI is InChI=1S/C23H39N5O/c1-6-20-14-27(5)15-21(7-2)28(20)23-24-12-18(13-25-23)17-8-10-19(11-9-17)26-22(29)16(3)4/h12-13,16-17,19-21H,6-11,14-15H2,1-5H3,(H,26,29). The zero-order valence-electron chi connectivity index (χ0n) is 18.9. The summed E-state index contributed by atoms with van der Waals surface area (Å²) in [6.07, 6.45) is 10.6. The minimum Gasteiger partial charge on any atom is -0.353 e. The van der Waals surface area contributed by atoms with Gasteiger partial charge in [0.1, 0.15) is 0 Å². The van der Waals surface area contributed by atoms with Crippen LogP contribution < -0.4 is 10.2 Å². The fourth-order valence-corrected chi connectivity index (χ4v) is 4.86. The van der Waals surface area contributed by atoms with Gasteiger partial charge in [-0.05, 0) is 57.1 Å². The molecule has 1 saturated carbocycles. The summed E-state index contributed by atoms with van der Waals surface area (Å²) in [4.78, 5) is 26.5. The van der Waals surface area contributed by atoms with E-state index in [1.807, 2.05) is 13.8 Å². The topological polar surface area (TPSA) is 61.4 Å². The third kappa shape index (κ3) is 5.27. The molecule has 0 aromatic carbocycles. The average Bonchev–Trinajstić information content (AvgIpc) is 2.73. The van der Waals surface area contributed by atoms with Crippen LogP contribution in [0.5, 0.6) is 0 Å². The molecule has 2 fully saturated rings. The third-order valence-electron chi connectivity index (χ3n) is 6.73. The molecule has 6 heteroatoms. The van der Waals surface area contributed by atoms with E-state index in [1.165, 1.54) is 5.56 Å². The van der Waals surface area contributed by atoms with Crippen molar-refractivity contribution < 1.29 is 4.79 Å². The van der Waals surface area contributed by atoms with Gasteiger partial charge >= 0.3 is 0 Å². The molecule has 162 valence electrons. The highest BCUT2D eigenvalue weighted by Gasteiger charge is 2.33. The van der Waals surface area contributed by atoms with Gasteiger partial charge in [0.05, 0.1) is 0 Å². The zero-order valence-corrected chi connectivity index (χ0v) is 18.9. The Morgan fingerprint density at radius 3 is 2.10 bits per heavy atom. The van der Waals surface area contributed by atoms with Gasteiger partial charge in [-0.25, -0.2) is 9.97 Å². The molecule has 1 aromatic rings. The van der Waals surface area contributed by atoms with Gasteiger partial charge < -0.3 is 15.1 Å². The molecule has 1 saturated heterocycles. The Morgan fingerprint density at radius 2 is 1.62 bits per heavy atom. The van der Waals surface area contributed by atoms with E-state index >= 15 is 0 Å². The molecule has 29 heavy (non-hydrogen) atoms. The Kier molecular flexibility index (Phi) is 7.49. The molecule has 1 N–H and O–H groups in total. The smallest absolute Gasteiger partial charge is 0.225 e. The van der Waals surface area contributed by atoms with E-state index in [0.717, 1.165) is 57.6 Å². The maximum absolute atomic E-state index is 11.9. The van der Waals surface area contributed by atoms with Gasteiger partial charge in [-0.2, -0.15) is 0 Å². The highest BCUT2D eigenvalue weighted by atomic mass is 16.1. The van der Waals surface area contributed by atoms with E-state index in [2.05, 4.69) is 48.4 Å². The summed E-state index contributed by atoms with van der Waals surface area (Å²) in [6.45, 7) is 10.6. The molecular weight excluding hydrogens is 362 g/mol. The fraction of sp³-hybridized carbons (Fsp3) is 0.783. The molecule has 2 aliphatic rings. The second kappa shape index (κ2) is 9.88. The lowest BCUT2D eigenvalue weighted by Gasteiger charge is -2.45. The van der Waals surface area contributed by atoms with Crippen LogP contribution in [0.3, 0.4) is 0 Å². The number of carbonyl (C=O) groups is 1. The van der Waals surface area contributed by atoms with E-state index in [9.17, 15) is 4.79 Å². The number of amides is 1. The van der Waals surface area contributed by atoms with E-state index in [0.29, 0.717) is 24.0 Å². The van der Waals surface area contributed by atoms with Crippen molar-refractivity contribution in [3.63, 3.8) is 0 Å². The summed E-state index contributed by atoms with van der Waals surface area (Å²) in [7, 11) is 2.21. The van der Waals surface area contributed by atoms with Crippen molar-refractivity contribution in [2.75, 3.05) is 25.0 Å². The lowest BCUT2D eigenvalue weighted by Crippen LogP contribution is -2.58. The second-order valence-corrected chi connectivity index (χ2v) is 9.28. The van der Waals surface area contributed by atoms with E-state index in [-0.39, 0.29) is 11.8 Å². The molecule has 0 radical (unpaired) electrons. The molecule has 0 bridgehead atoms. The Balaban J connectivity index is 1.62. The quantitative estimate of drug-likeness (QED) is 0.789. The lowest BCUT2D eigenvalue weighted by atomic mass is 9.82. The first-order valence-electron chi connectivity index (χ1n) is 11.5. The molecule has 2 unspecified atom stereocenters. The van der Waals surface area contributed by atoms with Gasteiger partial charge in [0.2, 0.25) is 11.9 Å². The summed E-state index contributed by atoms with van der Waals surface area (Å²) in [6, 6.07) is 1.27. The largest absolute Gasteiger partial charge is 0.353 e. The van der Waals surface area contributed by atoms with Crippen molar-refractivity contribution >= 4 is 11.9 Å². The Labute approximate surface area is 176 Å². The average molecular weight is 402 g/mol. The normalized spacial score (nSPS) is 28.6. The van der Waals surface area contributed by atoms with Gasteiger partial charge in [0.25, 0.3) is 0 Å². The molecule has 1 aliphatic carbocycles. The molecule has 2 heterocycles. The molecule has 1 amide bonds. The number of likely N-dealkylation sites (N-methyl/N-ethyl adjacent to an activating group) is 1. The molecule has 0 spiro atoms. The van der Waals surface area contributed by atoms with Gasteiger partial charge in [0, 0.05) is 49.5 Å². The predicted molar refractivity (Wildman–Crippen MR) is 118 cm³/mol. The van der Waals surface area contributed by atoms with Gasteiger partial charge in [0.15, 0.2) is 0 Å². The molecular formula is C23H39N5O. The number of piperazine rings is 1. The molecule has 6 nitrogen and oxygen atoms in total. The highest BCUT2D eigenvalue weighted by molar-refractivity contribution is 5.78. The van der Waals surface area contributed by atoms with Crippen molar-refractivity contribution in [1.82, 2.24) is 20.2 Å². The van der Waals surface area contributed by atoms with Crippen LogP contribution in [0, 0.1) is 5.92 Å². The summed E-state index contributed by atoms with van der Waals surface area (Å²) < 4.78 is 0. The van der Waals surface area contributed by atoms with E-state index in [1.54, 1.807) is 0 Å². The Morgan fingerprint density at radius 1 is 1.07 bits per heavy atom. The lowest BCUT2D eigenvalue weighted by molar-refractivity contribution is -0.124. The second-order valence-electron chi connectivity index (χ2n) is 9.28. The molecule has 1 aliphatic heterocycles. The summed E-state index contributed by atoms with van der Waals surface area (Å²) in [5.41, 5.74) is 1.25. The minimum atomic E-state index is 0.0575. The Bertz CT molecular complexity index is 640. The van der Waals surface area contributed by atoms with Crippen LogP contribution in [-0.4, -0.2) is 59.0 Å². The third-order valence-corrected chi connectivity index (χ3v) is 6.73. The van der Waals surface area contributed by atoms with Crippen LogP contribution in [-0.2, 0) is 4.79 Å². The van der Waals surface area contributed by atoms with E-state index in [4.69, 9.17) is 9.97 Å². The van der Waals surface area contributed by atoms with Crippen LogP contribution >= 0.6 is 0 Å². The predicted octanol–water partition coefficient (Wildman–Crippen LogP) is 3.58. The number of nitrogens with zero attached hydrogens (tertiary/aromatic N) is 4. The van der Waals surface area contributed by atoms with E-state index < -0.39 is 0 Å². The van der Waals surface area contributed by atoms with Crippen molar-refractivity contribution in [2.45, 2.75) is 90.3 Å². The van der Waals surface area contributed by atoms with Gasteiger partial charge in [-0.15, -0.1) is 0 Å². The maximum Gasteiger partial charge on any atom is 0.225 e. The number of hydrogen-bond acceptors (Lipinski definition) is 5. The highest BCUT2D eigenvalue weighted by Crippen LogP contribution is 2.33. The fourth-order valence-electron chi connectivity index (χ4n) is 4.86. The summed E-state index contributed by atoms with van der Waals surface area (Å²) in [5.74, 6) is 1.62. The summed E-state index contributed by atoms with van der Waals surface area (Å²) in [5, 5.41) is 3.19. The molecule has 2 atom stereocenters. The number of anilines is 1.